The Labute approximate surface area is 78.3 Å². The molecule has 0 bridgehead atoms. The quantitative estimate of drug-likeness (QED) is 0.625. The largest absolute Gasteiger partial charge is 0.500 e. The third kappa shape index (κ3) is 1.35. The van der Waals surface area contributed by atoms with Gasteiger partial charge in [0.05, 0.1) is 7.11 Å². The van der Waals surface area contributed by atoms with Crippen LogP contribution in [-0.4, -0.2) is 7.11 Å². The molecule has 1 heteroatoms. The molecule has 0 saturated carbocycles. The van der Waals surface area contributed by atoms with Gasteiger partial charge in [0.2, 0.25) is 0 Å². The maximum Gasteiger partial charge on any atom is 0.104 e. The molecular formula is C12H14O. The van der Waals surface area contributed by atoms with Crippen LogP contribution in [0.2, 0.25) is 0 Å². The molecule has 0 amide bonds. The molecule has 0 aliphatic heterocycles. The standard InChI is InChI=1S/C12H14O/c1-9-7-8-12(13-2)11-6-4-3-5-10(9)11/h3-6H,7-8H2,1-2H3. The van der Waals surface area contributed by atoms with Crippen molar-refractivity contribution in [1.29, 1.82) is 0 Å². The number of fused-ring (bicyclic) bond motifs is 1. The van der Waals surface area contributed by atoms with Crippen molar-refractivity contribution in [2.45, 2.75) is 19.8 Å². The van der Waals surface area contributed by atoms with Crippen LogP contribution >= 0.6 is 0 Å². The highest BCUT2D eigenvalue weighted by atomic mass is 16.5. The Morgan fingerprint density at radius 2 is 1.77 bits per heavy atom. The first-order valence-corrected chi connectivity index (χ1v) is 4.65. The van der Waals surface area contributed by atoms with Crippen molar-refractivity contribution in [2.24, 2.45) is 0 Å². The van der Waals surface area contributed by atoms with Gasteiger partial charge in [-0.1, -0.05) is 29.8 Å². The average molecular weight is 174 g/mol. The van der Waals surface area contributed by atoms with Crippen LogP contribution in [0.25, 0.3) is 11.3 Å². The van der Waals surface area contributed by atoms with E-state index in [1.165, 1.54) is 16.0 Å². The summed E-state index contributed by atoms with van der Waals surface area (Å²) in [5, 5.41) is 2.62. The van der Waals surface area contributed by atoms with E-state index >= 15 is 0 Å². The van der Waals surface area contributed by atoms with Gasteiger partial charge in [0, 0.05) is 11.6 Å². The lowest BCUT2D eigenvalue weighted by Crippen LogP contribution is -2.31. The zero-order valence-corrected chi connectivity index (χ0v) is 8.13. The van der Waals surface area contributed by atoms with E-state index in [0.29, 0.717) is 0 Å². The number of hydrogen-bond donors (Lipinski definition) is 0. The summed E-state index contributed by atoms with van der Waals surface area (Å²) in [5.74, 6) is 1.13. The summed E-state index contributed by atoms with van der Waals surface area (Å²) >= 11 is 0. The van der Waals surface area contributed by atoms with Gasteiger partial charge in [0.25, 0.3) is 0 Å². The lowest BCUT2D eigenvalue weighted by Gasteiger charge is -2.12. The Hall–Kier alpha value is -1.24. The summed E-state index contributed by atoms with van der Waals surface area (Å²) in [7, 11) is 1.76. The number of benzene rings is 1. The fourth-order valence-electron chi connectivity index (χ4n) is 1.88. The van der Waals surface area contributed by atoms with E-state index in [1.54, 1.807) is 7.11 Å². The maximum absolute atomic E-state index is 5.37. The van der Waals surface area contributed by atoms with Crippen LogP contribution in [0.15, 0.2) is 24.3 Å². The predicted molar refractivity (Wildman–Crippen MR) is 54.4 cm³/mol. The minimum absolute atomic E-state index is 1.04. The molecule has 2 rings (SSSR count). The minimum Gasteiger partial charge on any atom is -0.500 e. The van der Waals surface area contributed by atoms with E-state index in [0.717, 1.165) is 18.6 Å². The Morgan fingerprint density at radius 3 is 2.46 bits per heavy atom. The molecule has 0 N–H and O–H groups in total. The fraction of sp³-hybridized carbons (Fsp3) is 0.333. The van der Waals surface area contributed by atoms with E-state index in [4.69, 9.17) is 4.74 Å². The summed E-state index contributed by atoms with van der Waals surface area (Å²) < 4.78 is 5.37. The van der Waals surface area contributed by atoms with Crippen molar-refractivity contribution in [3.05, 3.63) is 34.7 Å². The number of hydrogen-bond acceptors (Lipinski definition) is 1. The van der Waals surface area contributed by atoms with Gasteiger partial charge in [-0.05, 0) is 18.6 Å². The Morgan fingerprint density at radius 1 is 1.08 bits per heavy atom. The Kier molecular flexibility index (Phi) is 2.09. The first-order valence-electron chi connectivity index (χ1n) is 4.65. The number of ether oxygens (including phenoxy) is 1. The Bertz CT molecular complexity index is 429. The smallest absolute Gasteiger partial charge is 0.104 e. The van der Waals surface area contributed by atoms with E-state index in [9.17, 15) is 0 Å². The summed E-state index contributed by atoms with van der Waals surface area (Å²) in [6.45, 7) is 2.20. The normalized spacial score (nSPS) is 15.5. The van der Waals surface area contributed by atoms with Crippen molar-refractivity contribution < 1.29 is 4.74 Å². The lowest BCUT2D eigenvalue weighted by atomic mass is 10.00. The summed E-state index contributed by atoms with van der Waals surface area (Å²) in [4.78, 5) is 0. The van der Waals surface area contributed by atoms with Crippen LogP contribution in [0.5, 0.6) is 0 Å². The van der Waals surface area contributed by atoms with Crippen LogP contribution in [0, 0.1) is 0 Å². The van der Waals surface area contributed by atoms with Gasteiger partial charge in [0.1, 0.15) is 5.76 Å². The molecule has 1 aromatic carbocycles. The molecule has 0 aromatic heterocycles. The zero-order valence-electron chi connectivity index (χ0n) is 8.13. The van der Waals surface area contributed by atoms with E-state index in [2.05, 4.69) is 31.2 Å². The van der Waals surface area contributed by atoms with Crippen molar-refractivity contribution in [2.75, 3.05) is 7.11 Å². The van der Waals surface area contributed by atoms with Crippen molar-refractivity contribution in [3.63, 3.8) is 0 Å². The van der Waals surface area contributed by atoms with Crippen LogP contribution in [0.4, 0.5) is 0 Å². The van der Waals surface area contributed by atoms with Crippen molar-refractivity contribution in [1.82, 2.24) is 0 Å². The molecule has 0 radical (unpaired) electrons. The second-order valence-electron chi connectivity index (χ2n) is 3.45. The molecule has 1 aromatic rings. The molecule has 1 aliphatic carbocycles. The van der Waals surface area contributed by atoms with Gasteiger partial charge in [-0.2, -0.15) is 0 Å². The van der Waals surface area contributed by atoms with Gasteiger partial charge < -0.3 is 4.74 Å². The Balaban J connectivity index is 2.86. The highest BCUT2D eigenvalue weighted by Crippen LogP contribution is 2.13. The predicted octanol–water partition coefficient (Wildman–Crippen LogP) is 1.41. The molecule has 0 spiro atoms. The van der Waals surface area contributed by atoms with Crippen molar-refractivity contribution in [3.8, 4) is 0 Å². The topological polar surface area (TPSA) is 9.23 Å². The number of methoxy groups -OCH3 is 1. The highest BCUT2D eigenvalue weighted by Gasteiger charge is 2.07. The first-order chi connectivity index (χ1) is 6.33. The van der Waals surface area contributed by atoms with E-state index in [-0.39, 0.29) is 0 Å². The zero-order chi connectivity index (χ0) is 9.26. The van der Waals surface area contributed by atoms with Crippen LogP contribution in [0.1, 0.15) is 19.8 Å². The fourth-order valence-corrected chi connectivity index (χ4v) is 1.88. The molecule has 1 nitrogen and oxygen atoms in total. The minimum atomic E-state index is 1.04. The molecule has 0 saturated heterocycles. The van der Waals surface area contributed by atoms with E-state index in [1.807, 2.05) is 0 Å². The third-order valence-corrected chi connectivity index (χ3v) is 2.66. The molecule has 0 heterocycles. The van der Waals surface area contributed by atoms with Gasteiger partial charge in [0.15, 0.2) is 0 Å². The molecule has 1 aliphatic rings. The van der Waals surface area contributed by atoms with Crippen LogP contribution < -0.4 is 10.4 Å². The van der Waals surface area contributed by atoms with Gasteiger partial charge in [-0.15, -0.1) is 0 Å². The molecule has 68 valence electrons. The monoisotopic (exact) mass is 174 g/mol. The van der Waals surface area contributed by atoms with Gasteiger partial charge in [-0.25, -0.2) is 0 Å². The van der Waals surface area contributed by atoms with Crippen molar-refractivity contribution >= 4 is 11.3 Å². The van der Waals surface area contributed by atoms with Gasteiger partial charge in [-0.3, -0.25) is 0 Å². The van der Waals surface area contributed by atoms with Crippen LogP contribution in [-0.2, 0) is 4.74 Å². The van der Waals surface area contributed by atoms with E-state index < -0.39 is 0 Å². The second kappa shape index (κ2) is 3.25. The molecular weight excluding hydrogens is 160 g/mol. The number of rotatable bonds is 1. The first kappa shape index (κ1) is 8.36. The summed E-state index contributed by atoms with van der Waals surface area (Å²) in [6, 6.07) is 8.46. The van der Waals surface area contributed by atoms with Gasteiger partial charge >= 0.3 is 0 Å². The molecule has 0 fully saturated rings. The maximum atomic E-state index is 5.37. The summed E-state index contributed by atoms with van der Waals surface area (Å²) in [5.41, 5.74) is 1.47. The lowest BCUT2D eigenvalue weighted by molar-refractivity contribution is 0.348. The highest BCUT2D eigenvalue weighted by molar-refractivity contribution is 5.53. The SMILES string of the molecule is COC1=c2ccccc2=C(C)CC1. The molecule has 13 heavy (non-hydrogen) atoms. The molecule has 0 unspecified atom stereocenters. The molecule has 0 atom stereocenters. The third-order valence-electron chi connectivity index (χ3n) is 2.66. The average Bonchev–Trinajstić information content (AvgIpc) is 2.19. The second-order valence-corrected chi connectivity index (χ2v) is 3.45. The summed E-state index contributed by atoms with van der Waals surface area (Å²) in [6.07, 6.45) is 2.17. The van der Waals surface area contributed by atoms with Crippen LogP contribution in [0.3, 0.4) is 0 Å².